The summed E-state index contributed by atoms with van der Waals surface area (Å²) in [5.74, 6) is 2.58. The van der Waals surface area contributed by atoms with Crippen molar-refractivity contribution in [3.8, 4) is 5.75 Å². The van der Waals surface area contributed by atoms with E-state index in [0.717, 1.165) is 57.3 Å². The van der Waals surface area contributed by atoms with Crippen LogP contribution < -0.4 is 15.0 Å². The minimum atomic E-state index is 0.249. The smallest absolute Gasteiger partial charge is 0.137 e. The van der Waals surface area contributed by atoms with Gasteiger partial charge in [0.1, 0.15) is 11.6 Å². The normalized spacial score (nSPS) is 17.6. The second-order valence-electron chi connectivity index (χ2n) is 8.69. The molecule has 1 aliphatic rings. The van der Waals surface area contributed by atoms with Gasteiger partial charge < -0.3 is 15.0 Å². The van der Waals surface area contributed by atoms with Crippen LogP contribution in [0.2, 0.25) is 0 Å². The Hall–Kier alpha value is -1.33. The average molecular weight is 363 g/mol. The molecule has 5 nitrogen and oxygen atoms in total. The fourth-order valence-corrected chi connectivity index (χ4v) is 3.08. The molecule has 0 saturated carbocycles. The topological polar surface area (TPSA) is 40.6 Å². The third-order valence-corrected chi connectivity index (χ3v) is 5.33. The molecule has 1 aliphatic heterocycles. The lowest BCUT2D eigenvalue weighted by molar-refractivity contribution is 0.128. The highest BCUT2D eigenvalue weighted by atomic mass is 16.5. The van der Waals surface area contributed by atoms with Gasteiger partial charge in [0.2, 0.25) is 0 Å². The zero-order chi connectivity index (χ0) is 19.2. The molecule has 1 aromatic rings. The van der Waals surface area contributed by atoms with Crippen molar-refractivity contribution < 1.29 is 4.74 Å². The van der Waals surface area contributed by atoms with Gasteiger partial charge in [0.15, 0.2) is 0 Å². The highest BCUT2D eigenvalue weighted by molar-refractivity contribution is 5.41. The van der Waals surface area contributed by atoms with Crippen molar-refractivity contribution in [2.24, 2.45) is 5.92 Å². The highest BCUT2D eigenvalue weighted by Crippen LogP contribution is 2.21. The molecular weight excluding hydrogens is 324 g/mol. The Labute approximate surface area is 160 Å². The van der Waals surface area contributed by atoms with Crippen LogP contribution in [0.3, 0.4) is 0 Å². The predicted octanol–water partition coefficient (Wildman–Crippen LogP) is 3.41. The fourth-order valence-electron chi connectivity index (χ4n) is 3.08. The van der Waals surface area contributed by atoms with Crippen LogP contribution in [0.25, 0.3) is 0 Å². The van der Waals surface area contributed by atoms with E-state index < -0.39 is 0 Å². The van der Waals surface area contributed by atoms with E-state index in [0.29, 0.717) is 12.0 Å². The first-order chi connectivity index (χ1) is 12.3. The predicted molar refractivity (Wildman–Crippen MR) is 110 cm³/mol. The van der Waals surface area contributed by atoms with E-state index >= 15 is 0 Å². The van der Waals surface area contributed by atoms with Crippen LogP contribution in [0.4, 0.5) is 5.82 Å². The molecule has 0 aromatic carbocycles. The van der Waals surface area contributed by atoms with E-state index in [4.69, 9.17) is 4.74 Å². The van der Waals surface area contributed by atoms with Crippen molar-refractivity contribution in [1.29, 1.82) is 0 Å². The summed E-state index contributed by atoms with van der Waals surface area (Å²) >= 11 is 0. The molecule has 0 bridgehead atoms. The molecule has 148 valence electrons. The maximum atomic E-state index is 5.82. The molecule has 1 atom stereocenters. The molecule has 2 rings (SSSR count). The van der Waals surface area contributed by atoms with Crippen molar-refractivity contribution in [1.82, 2.24) is 15.2 Å². The summed E-state index contributed by atoms with van der Waals surface area (Å²) < 4.78 is 5.82. The Balaban J connectivity index is 1.70. The van der Waals surface area contributed by atoms with Gasteiger partial charge in [-0.25, -0.2) is 4.98 Å². The van der Waals surface area contributed by atoms with E-state index in [1.165, 1.54) is 0 Å². The summed E-state index contributed by atoms with van der Waals surface area (Å²) in [6, 6.07) is 4.68. The molecule has 26 heavy (non-hydrogen) atoms. The molecule has 0 spiro atoms. The first-order valence-corrected chi connectivity index (χ1v) is 10.1. The van der Waals surface area contributed by atoms with Crippen molar-refractivity contribution in [2.75, 3.05) is 44.2 Å². The molecular formula is C21H38N4O. The molecule has 0 unspecified atom stereocenters. The minimum Gasteiger partial charge on any atom is -0.492 e. The Morgan fingerprint density at radius 1 is 1.12 bits per heavy atom. The van der Waals surface area contributed by atoms with Gasteiger partial charge in [-0.3, -0.25) is 4.90 Å². The Kier molecular flexibility index (Phi) is 7.71. The number of anilines is 1. The van der Waals surface area contributed by atoms with E-state index in [-0.39, 0.29) is 5.54 Å². The summed E-state index contributed by atoms with van der Waals surface area (Å²) in [5, 5.41) is 3.53. The molecule has 0 radical (unpaired) electrons. The van der Waals surface area contributed by atoms with Gasteiger partial charge in [-0.15, -0.1) is 0 Å². The molecule has 1 aromatic heterocycles. The molecule has 2 heterocycles. The standard InChI is InChI=1S/C21H38N4O/c1-17(2)18(3)22-10-7-15-26-19-8-9-20(23-16-19)24-11-13-25(14-12-24)21(4,5)6/h8-9,16-18,22H,7,10-15H2,1-6H3/t18-/m0/s1. The molecule has 0 aliphatic carbocycles. The Morgan fingerprint density at radius 3 is 2.35 bits per heavy atom. The van der Waals surface area contributed by atoms with Gasteiger partial charge in [-0.2, -0.15) is 0 Å². The quantitative estimate of drug-likeness (QED) is 0.718. The van der Waals surface area contributed by atoms with E-state index in [1.54, 1.807) is 0 Å². The van der Waals surface area contributed by atoms with Crippen LogP contribution in [-0.2, 0) is 0 Å². The molecule has 1 N–H and O–H groups in total. The van der Waals surface area contributed by atoms with E-state index in [9.17, 15) is 0 Å². The van der Waals surface area contributed by atoms with E-state index in [1.807, 2.05) is 12.3 Å². The van der Waals surface area contributed by atoms with Crippen LogP contribution in [0, 0.1) is 5.92 Å². The second kappa shape index (κ2) is 9.56. The summed E-state index contributed by atoms with van der Waals surface area (Å²) in [4.78, 5) is 9.51. The maximum Gasteiger partial charge on any atom is 0.137 e. The fraction of sp³-hybridized carbons (Fsp3) is 0.762. The Bertz CT molecular complexity index is 516. The number of pyridine rings is 1. The third kappa shape index (κ3) is 6.44. The molecule has 5 heteroatoms. The second-order valence-corrected chi connectivity index (χ2v) is 8.69. The zero-order valence-electron chi connectivity index (χ0n) is 17.6. The zero-order valence-corrected chi connectivity index (χ0v) is 17.6. The monoisotopic (exact) mass is 362 g/mol. The van der Waals surface area contributed by atoms with E-state index in [2.05, 4.69) is 67.7 Å². The third-order valence-electron chi connectivity index (χ3n) is 5.33. The van der Waals surface area contributed by atoms with Gasteiger partial charge in [0.25, 0.3) is 0 Å². The number of hydrogen-bond donors (Lipinski definition) is 1. The number of rotatable bonds is 8. The summed E-state index contributed by atoms with van der Waals surface area (Å²) in [7, 11) is 0. The summed E-state index contributed by atoms with van der Waals surface area (Å²) in [5.41, 5.74) is 0.249. The minimum absolute atomic E-state index is 0.249. The van der Waals surface area contributed by atoms with Crippen LogP contribution in [0.5, 0.6) is 5.75 Å². The van der Waals surface area contributed by atoms with Gasteiger partial charge in [0, 0.05) is 37.8 Å². The van der Waals surface area contributed by atoms with Gasteiger partial charge >= 0.3 is 0 Å². The lowest BCUT2D eigenvalue weighted by Crippen LogP contribution is -2.53. The van der Waals surface area contributed by atoms with Gasteiger partial charge in [-0.05, 0) is 58.7 Å². The number of ether oxygens (including phenoxy) is 1. The van der Waals surface area contributed by atoms with Gasteiger partial charge in [-0.1, -0.05) is 13.8 Å². The first-order valence-electron chi connectivity index (χ1n) is 10.1. The maximum absolute atomic E-state index is 5.82. The Morgan fingerprint density at radius 2 is 1.81 bits per heavy atom. The number of piperazine rings is 1. The van der Waals surface area contributed by atoms with Crippen molar-refractivity contribution in [3.63, 3.8) is 0 Å². The molecule has 1 saturated heterocycles. The average Bonchev–Trinajstić information content (AvgIpc) is 2.61. The number of nitrogens with one attached hydrogen (secondary N) is 1. The lowest BCUT2D eigenvalue weighted by atomic mass is 10.1. The highest BCUT2D eigenvalue weighted by Gasteiger charge is 2.26. The summed E-state index contributed by atoms with van der Waals surface area (Å²) in [6.45, 7) is 19.5. The molecule has 1 fully saturated rings. The van der Waals surface area contributed by atoms with Crippen LogP contribution in [0.15, 0.2) is 18.3 Å². The largest absolute Gasteiger partial charge is 0.492 e. The van der Waals surface area contributed by atoms with Crippen molar-refractivity contribution >= 4 is 5.82 Å². The van der Waals surface area contributed by atoms with Crippen LogP contribution >= 0.6 is 0 Å². The van der Waals surface area contributed by atoms with Crippen molar-refractivity contribution in [2.45, 2.75) is 59.5 Å². The van der Waals surface area contributed by atoms with Crippen LogP contribution in [-0.4, -0.2) is 60.8 Å². The van der Waals surface area contributed by atoms with Gasteiger partial charge in [0.05, 0.1) is 12.8 Å². The SMILES string of the molecule is CC(C)[C@H](C)NCCCOc1ccc(N2CCN(C(C)(C)C)CC2)nc1. The number of hydrogen-bond acceptors (Lipinski definition) is 5. The molecule has 0 amide bonds. The van der Waals surface area contributed by atoms with Crippen molar-refractivity contribution in [3.05, 3.63) is 18.3 Å². The van der Waals surface area contributed by atoms with Crippen LogP contribution in [0.1, 0.15) is 48.0 Å². The number of nitrogens with zero attached hydrogens (tertiary/aromatic N) is 3. The summed E-state index contributed by atoms with van der Waals surface area (Å²) in [6.07, 6.45) is 2.86. The lowest BCUT2D eigenvalue weighted by Gasteiger charge is -2.42. The number of aromatic nitrogens is 1. The first kappa shape index (κ1) is 21.0.